The minimum atomic E-state index is -0.536. The molecule has 4 heterocycles. The van der Waals surface area contributed by atoms with Crippen LogP contribution in [0.4, 0.5) is 9.59 Å². The summed E-state index contributed by atoms with van der Waals surface area (Å²) in [6.07, 6.45) is 8.02. The van der Waals surface area contributed by atoms with Gasteiger partial charge in [-0.25, -0.2) is 14.4 Å². The standard InChI is InChI=1S/C27H42N2O5.C21H32N2O3.C6H11BrO2/c1-20-9-10-21(22(17-20)32-19-23(30)33-25(2,3)4)18-29-14-8-11-27(29)12-15-28(16-13-27)24(31)34-26(5,6)7;1-16-6-7-17(18(24)14-16)15-23-11-5-8-21(23)9-12-22(13-10-21)19(25)26-20(2,3)4;1-6(2,3)9-5(8)4-7/h9-10,17H,8,11-16,18-19H2,1-7H3;6-7,14,24H,5,8-13,15H2,1-4H3;4H2,1-3H3. The Morgan fingerprint density at radius 2 is 0.942 bits per heavy atom. The molecule has 4 aliphatic heterocycles. The Kier molecular flexibility index (Phi) is 19.9. The second-order valence-corrected chi connectivity index (χ2v) is 23.8. The summed E-state index contributed by atoms with van der Waals surface area (Å²) in [7, 11) is 0. The maximum Gasteiger partial charge on any atom is 0.410 e. The lowest BCUT2D eigenvalue weighted by atomic mass is 9.85. The molecule has 388 valence electrons. The fourth-order valence-electron chi connectivity index (χ4n) is 9.50. The minimum Gasteiger partial charge on any atom is -0.508 e. The molecule has 2 aromatic carbocycles. The molecule has 15 heteroatoms. The van der Waals surface area contributed by atoms with Crippen molar-refractivity contribution < 1.29 is 48.0 Å². The Morgan fingerprint density at radius 3 is 1.33 bits per heavy atom. The first-order valence-corrected chi connectivity index (χ1v) is 26.0. The SMILES string of the molecule is CC(C)(C)OC(=O)CBr.Cc1ccc(CN2CCCC23CCN(C(=O)OC(C)(C)C)CC3)c(O)c1.Cc1ccc(CN2CCCC23CCN(C(=O)OC(C)(C)C)CC3)c(OCC(=O)OC(C)(C)C)c1. The molecule has 0 aromatic heterocycles. The van der Waals surface area contributed by atoms with Gasteiger partial charge in [-0.15, -0.1) is 0 Å². The summed E-state index contributed by atoms with van der Waals surface area (Å²) in [5, 5.41) is 10.5. The van der Waals surface area contributed by atoms with Crippen molar-refractivity contribution in [3.8, 4) is 11.5 Å². The second kappa shape index (κ2) is 23.9. The van der Waals surface area contributed by atoms with Gasteiger partial charge in [0.25, 0.3) is 0 Å². The van der Waals surface area contributed by atoms with Crippen molar-refractivity contribution in [2.45, 2.75) is 195 Å². The Hall–Kier alpha value is -4.08. The fraction of sp³-hybridized carbons (Fsp3) is 0.704. The molecule has 6 rings (SSSR count). The van der Waals surface area contributed by atoms with Crippen molar-refractivity contribution in [2.75, 3.05) is 51.2 Å². The van der Waals surface area contributed by atoms with E-state index in [9.17, 15) is 24.3 Å². The molecule has 0 atom stereocenters. The van der Waals surface area contributed by atoms with Gasteiger partial charge in [-0.05, 0) is 185 Å². The van der Waals surface area contributed by atoms with Crippen LogP contribution in [0.3, 0.4) is 0 Å². The van der Waals surface area contributed by atoms with Gasteiger partial charge in [0.05, 0.1) is 0 Å². The number of esters is 2. The predicted octanol–water partition coefficient (Wildman–Crippen LogP) is 10.9. The molecule has 1 N–H and O–H groups in total. The Bertz CT molecular complexity index is 2030. The molecule has 0 radical (unpaired) electrons. The van der Waals surface area contributed by atoms with Gasteiger partial charge in [-0.3, -0.25) is 14.6 Å². The maximum atomic E-state index is 12.5. The molecular weight excluding hydrogens is 945 g/mol. The number of carbonyl (C=O) groups is 4. The number of amides is 2. The Morgan fingerprint density at radius 1 is 0.551 bits per heavy atom. The van der Waals surface area contributed by atoms with Crippen molar-refractivity contribution in [2.24, 2.45) is 0 Å². The molecular formula is C54H85BrN4O10. The molecule has 2 spiro atoms. The van der Waals surface area contributed by atoms with E-state index in [1.54, 1.807) is 0 Å². The number of likely N-dealkylation sites (tertiary alicyclic amines) is 4. The molecule has 4 fully saturated rings. The third-order valence-electron chi connectivity index (χ3n) is 12.7. The Balaban J connectivity index is 0.000000261. The van der Waals surface area contributed by atoms with E-state index in [0.717, 1.165) is 106 Å². The number of phenols is 1. The van der Waals surface area contributed by atoms with Gasteiger partial charge in [0.1, 0.15) is 39.2 Å². The highest BCUT2D eigenvalue weighted by Crippen LogP contribution is 2.42. The highest BCUT2D eigenvalue weighted by atomic mass is 79.9. The van der Waals surface area contributed by atoms with Crippen LogP contribution in [-0.2, 0) is 41.6 Å². The summed E-state index contributed by atoms with van der Waals surface area (Å²) in [4.78, 5) is 56.3. The fourth-order valence-corrected chi connectivity index (χ4v) is 9.61. The molecule has 2 aromatic rings. The largest absolute Gasteiger partial charge is 0.508 e. The molecule has 4 aliphatic rings. The molecule has 0 aliphatic carbocycles. The van der Waals surface area contributed by atoms with Crippen LogP contribution in [0.15, 0.2) is 36.4 Å². The highest BCUT2D eigenvalue weighted by molar-refractivity contribution is 9.09. The lowest BCUT2D eigenvalue weighted by molar-refractivity contribution is -0.157. The van der Waals surface area contributed by atoms with E-state index < -0.39 is 16.8 Å². The number of carbonyl (C=O) groups excluding carboxylic acids is 4. The molecule has 0 bridgehead atoms. The topological polar surface area (TPSA) is 148 Å². The third kappa shape index (κ3) is 18.6. The predicted molar refractivity (Wildman–Crippen MR) is 274 cm³/mol. The van der Waals surface area contributed by atoms with E-state index >= 15 is 0 Å². The van der Waals surface area contributed by atoms with Crippen LogP contribution in [0.25, 0.3) is 0 Å². The van der Waals surface area contributed by atoms with Gasteiger partial charge in [0, 0.05) is 61.5 Å². The highest BCUT2D eigenvalue weighted by Gasteiger charge is 2.46. The van der Waals surface area contributed by atoms with E-state index in [1.165, 1.54) is 12.8 Å². The summed E-state index contributed by atoms with van der Waals surface area (Å²) in [6, 6.07) is 12.1. The first-order chi connectivity index (χ1) is 31.9. The third-order valence-corrected chi connectivity index (χ3v) is 13.1. The van der Waals surface area contributed by atoms with Crippen molar-refractivity contribution in [1.29, 1.82) is 0 Å². The molecule has 2 amide bonds. The summed E-state index contributed by atoms with van der Waals surface area (Å²) in [6.45, 7) is 32.9. The number of nitrogens with zero attached hydrogens (tertiary/aromatic N) is 4. The van der Waals surface area contributed by atoms with Gasteiger partial charge >= 0.3 is 24.1 Å². The summed E-state index contributed by atoms with van der Waals surface area (Å²) in [5.41, 5.74) is 2.65. The van der Waals surface area contributed by atoms with Gasteiger partial charge in [-0.1, -0.05) is 40.2 Å². The number of alkyl halides is 1. The first-order valence-electron chi connectivity index (χ1n) is 24.9. The number of benzene rings is 2. The van der Waals surface area contributed by atoms with Crippen LogP contribution in [0.2, 0.25) is 0 Å². The Labute approximate surface area is 422 Å². The van der Waals surface area contributed by atoms with Crippen molar-refractivity contribution in [1.82, 2.24) is 19.6 Å². The number of aryl methyl sites for hydroxylation is 2. The van der Waals surface area contributed by atoms with Crippen LogP contribution < -0.4 is 4.74 Å². The summed E-state index contributed by atoms with van der Waals surface area (Å²) < 4.78 is 27.3. The van der Waals surface area contributed by atoms with Gasteiger partial charge in [-0.2, -0.15) is 0 Å². The summed E-state index contributed by atoms with van der Waals surface area (Å²) in [5.74, 6) is 0.534. The normalized spacial score (nSPS) is 18.4. The van der Waals surface area contributed by atoms with Crippen molar-refractivity contribution in [3.05, 3.63) is 58.7 Å². The lowest BCUT2D eigenvalue weighted by Crippen LogP contribution is -2.53. The maximum absolute atomic E-state index is 12.5. The van der Waals surface area contributed by atoms with E-state index in [0.29, 0.717) is 18.8 Å². The van der Waals surface area contributed by atoms with Crippen LogP contribution in [0.5, 0.6) is 11.5 Å². The van der Waals surface area contributed by atoms with Crippen LogP contribution in [0, 0.1) is 13.8 Å². The number of piperidine rings is 2. The zero-order valence-corrected chi connectivity index (χ0v) is 46.1. The van der Waals surface area contributed by atoms with E-state index in [1.807, 2.05) is 125 Å². The van der Waals surface area contributed by atoms with Gasteiger partial charge in [0.2, 0.25) is 0 Å². The van der Waals surface area contributed by atoms with Gasteiger partial charge in [0.15, 0.2) is 6.61 Å². The molecule has 0 unspecified atom stereocenters. The molecule has 69 heavy (non-hydrogen) atoms. The van der Waals surface area contributed by atoms with Crippen LogP contribution in [0.1, 0.15) is 157 Å². The number of aromatic hydroxyl groups is 1. The average molecular weight is 1030 g/mol. The van der Waals surface area contributed by atoms with E-state index in [-0.39, 0.29) is 52.7 Å². The number of phenolic OH excluding ortho intramolecular Hbond substituents is 1. The second-order valence-electron chi connectivity index (χ2n) is 23.3. The zero-order chi connectivity index (χ0) is 51.6. The quantitative estimate of drug-likeness (QED) is 0.152. The minimum absolute atomic E-state index is 0.0891. The van der Waals surface area contributed by atoms with Gasteiger partial charge < -0.3 is 38.6 Å². The average Bonchev–Trinajstić information content (AvgIpc) is 3.79. The van der Waals surface area contributed by atoms with Crippen LogP contribution in [-0.4, -0.2) is 134 Å². The number of hydrogen-bond donors (Lipinski definition) is 1. The number of ether oxygens (including phenoxy) is 5. The monoisotopic (exact) mass is 1030 g/mol. The molecule has 4 saturated heterocycles. The molecule has 0 saturated carbocycles. The van der Waals surface area contributed by atoms with Crippen LogP contribution >= 0.6 is 15.9 Å². The number of rotatable bonds is 8. The van der Waals surface area contributed by atoms with Crippen molar-refractivity contribution in [3.63, 3.8) is 0 Å². The zero-order valence-electron chi connectivity index (χ0n) is 44.5. The molecule has 14 nitrogen and oxygen atoms in total. The first kappa shape index (κ1) is 57.5. The summed E-state index contributed by atoms with van der Waals surface area (Å²) >= 11 is 2.99. The van der Waals surface area contributed by atoms with E-state index in [2.05, 4.69) is 43.9 Å². The smallest absolute Gasteiger partial charge is 0.410 e. The number of halogens is 1. The van der Waals surface area contributed by atoms with E-state index in [4.69, 9.17) is 23.7 Å². The van der Waals surface area contributed by atoms with Crippen molar-refractivity contribution >= 4 is 40.1 Å². The number of hydrogen-bond acceptors (Lipinski definition) is 12. The lowest BCUT2D eigenvalue weighted by Gasteiger charge is -2.45.